The third kappa shape index (κ3) is 3.01. The smallest absolute Gasteiger partial charge is 0.0743 e. The molecule has 0 radical (unpaired) electrons. The fourth-order valence-corrected chi connectivity index (χ4v) is 2.86. The molecule has 17 heavy (non-hydrogen) atoms. The van der Waals surface area contributed by atoms with Gasteiger partial charge in [0.25, 0.3) is 0 Å². The molecule has 1 fully saturated rings. The van der Waals surface area contributed by atoms with E-state index in [0.29, 0.717) is 6.04 Å². The number of aliphatic hydroxyl groups excluding tert-OH is 1. The van der Waals surface area contributed by atoms with Crippen LogP contribution in [-0.2, 0) is 0 Å². The van der Waals surface area contributed by atoms with Crippen LogP contribution in [0.5, 0.6) is 0 Å². The van der Waals surface area contributed by atoms with Crippen LogP contribution >= 0.6 is 0 Å². The molecular formula is C15H23NO. The van der Waals surface area contributed by atoms with Gasteiger partial charge >= 0.3 is 0 Å². The van der Waals surface area contributed by atoms with Crippen molar-refractivity contribution in [3.8, 4) is 0 Å². The lowest BCUT2D eigenvalue weighted by Gasteiger charge is -2.35. The average molecular weight is 233 g/mol. The van der Waals surface area contributed by atoms with Crippen molar-refractivity contribution in [2.24, 2.45) is 0 Å². The first-order valence-corrected chi connectivity index (χ1v) is 6.82. The second-order valence-corrected chi connectivity index (χ2v) is 4.89. The van der Waals surface area contributed by atoms with Gasteiger partial charge in [-0.25, -0.2) is 0 Å². The van der Waals surface area contributed by atoms with Gasteiger partial charge in [-0.1, -0.05) is 37.5 Å². The van der Waals surface area contributed by atoms with Crippen molar-refractivity contribution in [3.63, 3.8) is 0 Å². The maximum absolute atomic E-state index is 10.3. The molecule has 1 aliphatic carbocycles. The van der Waals surface area contributed by atoms with Gasteiger partial charge < -0.3 is 10.0 Å². The molecule has 2 atom stereocenters. The summed E-state index contributed by atoms with van der Waals surface area (Å²) in [6.07, 6.45) is 5.57. The summed E-state index contributed by atoms with van der Waals surface area (Å²) in [6, 6.07) is 10.8. The molecule has 0 aromatic heterocycles. The predicted molar refractivity (Wildman–Crippen MR) is 72.3 cm³/mol. The third-order valence-electron chi connectivity index (χ3n) is 3.77. The molecule has 1 aromatic rings. The second-order valence-electron chi connectivity index (χ2n) is 4.89. The molecule has 2 heteroatoms. The number of aliphatic hydroxyl groups is 1. The molecule has 0 aliphatic heterocycles. The molecule has 1 aromatic carbocycles. The number of rotatable bonds is 3. The first-order chi connectivity index (χ1) is 8.33. The van der Waals surface area contributed by atoms with Crippen LogP contribution in [0.25, 0.3) is 0 Å². The van der Waals surface area contributed by atoms with Crippen molar-refractivity contribution in [1.29, 1.82) is 0 Å². The lowest BCUT2D eigenvalue weighted by molar-refractivity contribution is 0.133. The highest BCUT2D eigenvalue weighted by Gasteiger charge is 2.26. The number of nitrogens with zero attached hydrogens (tertiary/aromatic N) is 1. The summed E-state index contributed by atoms with van der Waals surface area (Å²) >= 11 is 0. The summed E-state index contributed by atoms with van der Waals surface area (Å²) in [4.78, 5) is 2.36. The van der Waals surface area contributed by atoms with Gasteiger partial charge in [-0.15, -0.1) is 0 Å². The number of para-hydroxylation sites is 1. The SMILES string of the molecule is CCN(c1ccccc1)[C@@H]1CCCCC[C@H]1O. The lowest BCUT2D eigenvalue weighted by Crippen LogP contribution is -2.43. The van der Waals surface area contributed by atoms with Crippen LogP contribution in [0.15, 0.2) is 30.3 Å². The fourth-order valence-electron chi connectivity index (χ4n) is 2.86. The summed E-state index contributed by atoms with van der Waals surface area (Å²) in [5.41, 5.74) is 1.24. The minimum atomic E-state index is -0.169. The molecule has 0 heterocycles. The molecule has 2 nitrogen and oxygen atoms in total. The van der Waals surface area contributed by atoms with E-state index in [-0.39, 0.29) is 6.10 Å². The zero-order valence-corrected chi connectivity index (χ0v) is 10.7. The number of hydrogen-bond acceptors (Lipinski definition) is 2. The van der Waals surface area contributed by atoms with Crippen molar-refractivity contribution in [2.75, 3.05) is 11.4 Å². The maximum atomic E-state index is 10.3. The highest BCUT2D eigenvalue weighted by Crippen LogP contribution is 2.26. The Morgan fingerprint density at radius 2 is 1.82 bits per heavy atom. The molecule has 1 N–H and O–H groups in total. The monoisotopic (exact) mass is 233 g/mol. The topological polar surface area (TPSA) is 23.5 Å². The highest BCUT2D eigenvalue weighted by molar-refractivity contribution is 5.47. The van der Waals surface area contributed by atoms with Crippen LogP contribution < -0.4 is 4.90 Å². The number of anilines is 1. The van der Waals surface area contributed by atoms with Gasteiger partial charge in [-0.3, -0.25) is 0 Å². The maximum Gasteiger partial charge on any atom is 0.0743 e. The van der Waals surface area contributed by atoms with Crippen molar-refractivity contribution < 1.29 is 5.11 Å². The molecule has 1 saturated carbocycles. The van der Waals surface area contributed by atoms with E-state index in [1.807, 2.05) is 6.07 Å². The van der Waals surface area contributed by atoms with E-state index in [1.165, 1.54) is 24.9 Å². The largest absolute Gasteiger partial charge is 0.391 e. The molecule has 0 amide bonds. The Labute approximate surface area is 104 Å². The normalized spacial score (nSPS) is 25.3. The Kier molecular flexibility index (Phi) is 4.43. The summed E-state index contributed by atoms with van der Waals surface area (Å²) < 4.78 is 0. The quantitative estimate of drug-likeness (QED) is 0.810. The summed E-state index contributed by atoms with van der Waals surface area (Å²) in [6.45, 7) is 3.14. The van der Waals surface area contributed by atoms with Crippen molar-refractivity contribution in [2.45, 2.75) is 51.2 Å². The molecule has 94 valence electrons. The van der Waals surface area contributed by atoms with Crippen LogP contribution in [-0.4, -0.2) is 23.8 Å². The zero-order valence-electron chi connectivity index (χ0n) is 10.7. The summed E-state index contributed by atoms with van der Waals surface area (Å²) in [5.74, 6) is 0. The second kappa shape index (κ2) is 6.06. The summed E-state index contributed by atoms with van der Waals surface area (Å²) in [5, 5.41) is 10.3. The lowest BCUT2D eigenvalue weighted by atomic mass is 10.0. The Hall–Kier alpha value is -1.02. The van der Waals surface area contributed by atoms with Gasteiger partial charge in [0, 0.05) is 12.2 Å². The number of hydrogen-bond donors (Lipinski definition) is 1. The Bertz CT molecular complexity index is 325. The fraction of sp³-hybridized carbons (Fsp3) is 0.600. The van der Waals surface area contributed by atoms with E-state index in [1.54, 1.807) is 0 Å². The van der Waals surface area contributed by atoms with E-state index in [4.69, 9.17) is 0 Å². The predicted octanol–water partition coefficient (Wildman–Crippen LogP) is 3.21. The van der Waals surface area contributed by atoms with Gasteiger partial charge in [0.2, 0.25) is 0 Å². The van der Waals surface area contributed by atoms with E-state index in [9.17, 15) is 5.11 Å². The van der Waals surface area contributed by atoms with Crippen molar-refractivity contribution in [1.82, 2.24) is 0 Å². The molecule has 0 unspecified atom stereocenters. The van der Waals surface area contributed by atoms with Crippen molar-refractivity contribution >= 4 is 5.69 Å². The molecule has 2 rings (SSSR count). The van der Waals surface area contributed by atoms with Crippen LogP contribution in [0.2, 0.25) is 0 Å². The van der Waals surface area contributed by atoms with Gasteiger partial charge in [0.1, 0.15) is 0 Å². The minimum absolute atomic E-state index is 0.169. The van der Waals surface area contributed by atoms with Gasteiger partial charge in [0.15, 0.2) is 0 Å². The first-order valence-electron chi connectivity index (χ1n) is 6.82. The van der Waals surface area contributed by atoms with Crippen molar-refractivity contribution in [3.05, 3.63) is 30.3 Å². The van der Waals surface area contributed by atoms with Gasteiger partial charge in [-0.2, -0.15) is 0 Å². The number of benzene rings is 1. The molecule has 1 aliphatic rings. The minimum Gasteiger partial charge on any atom is -0.391 e. The molecular weight excluding hydrogens is 210 g/mol. The van der Waals surface area contributed by atoms with Gasteiger partial charge in [0.05, 0.1) is 12.1 Å². The van der Waals surface area contributed by atoms with Crippen LogP contribution in [0, 0.1) is 0 Å². The third-order valence-corrected chi connectivity index (χ3v) is 3.77. The zero-order chi connectivity index (χ0) is 12.1. The Morgan fingerprint density at radius 3 is 2.53 bits per heavy atom. The highest BCUT2D eigenvalue weighted by atomic mass is 16.3. The van der Waals surface area contributed by atoms with E-state index in [2.05, 4.69) is 36.1 Å². The molecule has 0 bridgehead atoms. The average Bonchev–Trinajstić information content (AvgIpc) is 2.58. The Morgan fingerprint density at radius 1 is 1.12 bits per heavy atom. The number of likely N-dealkylation sites (N-methyl/N-ethyl adjacent to an activating group) is 1. The van der Waals surface area contributed by atoms with E-state index in [0.717, 1.165) is 19.4 Å². The van der Waals surface area contributed by atoms with Crippen LogP contribution in [0.1, 0.15) is 39.0 Å². The van der Waals surface area contributed by atoms with E-state index >= 15 is 0 Å². The van der Waals surface area contributed by atoms with Gasteiger partial charge in [-0.05, 0) is 31.9 Å². The van der Waals surface area contributed by atoms with E-state index < -0.39 is 0 Å². The molecule has 0 saturated heterocycles. The van der Waals surface area contributed by atoms with Crippen LogP contribution in [0.4, 0.5) is 5.69 Å². The van der Waals surface area contributed by atoms with Crippen LogP contribution in [0.3, 0.4) is 0 Å². The molecule has 0 spiro atoms. The summed E-state index contributed by atoms with van der Waals surface area (Å²) in [7, 11) is 0. The first kappa shape index (κ1) is 12.4. The standard InChI is InChI=1S/C15H23NO/c1-2-16(13-9-5-3-6-10-13)14-11-7-4-8-12-15(14)17/h3,5-6,9-10,14-15,17H,2,4,7-8,11-12H2,1H3/t14-,15-/m1/s1. The Balaban J connectivity index is 2.16.